The van der Waals surface area contributed by atoms with Gasteiger partial charge in [-0.3, -0.25) is 0 Å². The predicted molar refractivity (Wildman–Crippen MR) is 74.8 cm³/mol. The van der Waals surface area contributed by atoms with Crippen LogP contribution in [0.4, 0.5) is 5.69 Å². The number of nitrogens with zero attached hydrogens (tertiary/aromatic N) is 1. The fourth-order valence-corrected chi connectivity index (χ4v) is 2.24. The van der Waals surface area contributed by atoms with Crippen LogP contribution in [0.2, 0.25) is 0 Å². The molecule has 3 heteroatoms. The number of para-hydroxylation sites is 1. The normalized spacial score (nSPS) is 13.3. The Labute approximate surface area is 112 Å². The van der Waals surface area contributed by atoms with E-state index in [1.165, 1.54) is 5.56 Å². The van der Waals surface area contributed by atoms with Gasteiger partial charge in [0.25, 0.3) is 6.73 Å². The topological polar surface area (TPSA) is 21.5 Å². The lowest BCUT2D eigenvalue weighted by molar-refractivity contribution is -0.476. The second kappa shape index (κ2) is 4.76. The summed E-state index contributed by atoms with van der Waals surface area (Å²) in [6, 6.07) is 14.1. The van der Waals surface area contributed by atoms with Crippen molar-refractivity contribution >= 4 is 11.9 Å². The minimum absolute atomic E-state index is 0.532. The molecule has 0 N–H and O–H groups in total. The number of fused-ring (bicyclic) bond motifs is 1. The molecule has 0 bridgehead atoms. The summed E-state index contributed by atoms with van der Waals surface area (Å²) in [4.78, 5) is 0. The molecule has 1 aliphatic heterocycles. The molecule has 3 rings (SSSR count). The summed E-state index contributed by atoms with van der Waals surface area (Å²) >= 11 is 0. The van der Waals surface area contributed by atoms with Crippen molar-refractivity contribution < 1.29 is 14.0 Å². The first-order valence-corrected chi connectivity index (χ1v) is 6.26. The van der Waals surface area contributed by atoms with E-state index in [1.54, 1.807) is 7.11 Å². The van der Waals surface area contributed by atoms with E-state index in [0.29, 0.717) is 6.73 Å². The third-order valence-corrected chi connectivity index (χ3v) is 3.29. The molecule has 0 saturated carbocycles. The van der Waals surface area contributed by atoms with Gasteiger partial charge >= 0.3 is 0 Å². The Morgan fingerprint density at radius 3 is 2.63 bits per heavy atom. The van der Waals surface area contributed by atoms with Crippen LogP contribution in [0.1, 0.15) is 11.1 Å². The van der Waals surface area contributed by atoms with Crippen LogP contribution < -0.4 is 9.47 Å². The molecular weight excluding hydrogens is 238 g/mol. The Morgan fingerprint density at radius 1 is 1.11 bits per heavy atom. The maximum absolute atomic E-state index is 5.84. The Bertz CT molecular complexity index is 630. The molecule has 1 heterocycles. The molecule has 0 amide bonds. The molecule has 96 valence electrons. The van der Waals surface area contributed by atoms with Crippen LogP contribution in [0, 0.1) is 6.92 Å². The standard InChI is InChI=1S/C16H16NO2/c1-12-4-3-5-13-10-17(11-19-16(12)13)14-6-8-15(18-2)9-7-14/h3-10H,11H2,1-2H3/q+1. The molecule has 0 radical (unpaired) electrons. The summed E-state index contributed by atoms with van der Waals surface area (Å²) < 4.78 is 13.1. The van der Waals surface area contributed by atoms with Gasteiger partial charge in [0.05, 0.1) is 12.7 Å². The van der Waals surface area contributed by atoms with Gasteiger partial charge < -0.3 is 9.47 Å². The average molecular weight is 254 g/mol. The number of methoxy groups -OCH3 is 1. The van der Waals surface area contributed by atoms with E-state index >= 15 is 0 Å². The van der Waals surface area contributed by atoms with Crippen molar-refractivity contribution in [2.45, 2.75) is 6.92 Å². The summed E-state index contributed by atoms with van der Waals surface area (Å²) in [6.07, 6.45) is 2.12. The fourth-order valence-electron chi connectivity index (χ4n) is 2.24. The lowest BCUT2D eigenvalue weighted by Crippen LogP contribution is -2.21. The highest BCUT2D eigenvalue weighted by Gasteiger charge is 2.19. The van der Waals surface area contributed by atoms with Gasteiger partial charge in [-0.15, -0.1) is 0 Å². The minimum atomic E-state index is 0.532. The third kappa shape index (κ3) is 2.19. The molecule has 0 saturated heterocycles. The van der Waals surface area contributed by atoms with E-state index < -0.39 is 0 Å². The molecule has 0 spiro atoms. The van der Waals surface area contributed by atoms with E-state index in [-0.39, 0.29) is 0 Å². The van der Waals surface area contributed by atoms with E-state index in [0.717, 1.165) is 22.7 Å². The van der Waals surface area contributed by atoms with Gasteiger partial charge in [0.2, 0.25) is 5.69 Å². The second-order valence-corrected chi connectivity index (χ2v) is 4.56. The zero-order chi connectivity index (χ0) is 13.2. The maximum Gasteiger partial charge on any atom is 0.292 e. The lowest BCUT2D eigenvalue weighted by Gasteiger charge is -2.15. The Morgan fingerprint density at radius 2 is 1.89 bits per heavy atom. The van der Waals surface area contributed by atoms with Crippen LogP contribution in [0.3, 0.4) is 0 Å². The highest BCUT2D eigenvalue weighted by Crippen LogP contribution is 2.26. The number of rotatable bonds is 2. The van der Waals surface area contributed by atoms with Crippen molar-refractivity contribution in [2.75, 3.05) is 13.8 Å². The molecule has 3 nitrogen and oxygen atoms in total. The summed E-state index contributed by atoms with van der Waals surface area (Å²) in [5.41, 5.74) is 3.37. The van der Waals surface area contributed by atoms with Crippen LogP contribution in [0.25, 0.3) is 0 Å². The highest BCUT2D eigenvalue weighted by atomic mass is 16.5. The van der Waals surface area contributed by atoms with E-state index in [1.807, 2.05) is 30.3 Å². The SMILES string of the molecule is COc1ccc([N+]2=Cc3cccc(C)c3OC2)cc1. The third-order valence-electron chi connectivity index (χ3n) is 3.29. The molecule has 0 unspecified atom stereocenters. The van der Waals surface area contributed by atoms with Gasteiger partial charge in [0.15, 0.2) is 6.21 Å². The molecular formula is C16H16NO2+. The van der Waals surface area contributed by atoms with Gasteiger partial charge in [0.1, 0.15) is 11.5 Å². The molecule has 0 aliphatic carbocycles. The molecule has 2 aromatic rings. The molecule has 0 fully saturated rings. The van der Waals surface area contributed by atoms with Crippen molar-refractivity contribution in [3.05, 3.63) is 53.6 Å². The van der Waals surface area contributed by atoms with E-state index in [4.69, 9.17) is 9.47 Å². The summed E-state index contributed by atoms with van der Waals surface area (Å²) in [7, 11) is 1.67. The molecule has 0 atom stereocenters. The van der Waals surface area contributed by atoms with Gasteiger partial charge in [-0.1, -0.05) is 12.1 Å². The van der Waals surface area contributed by atoms with Crippen molar-refractivity contribution in [1.82, 2.24) is 0 Å². The summed E-state index contributed by atoms with van der Waals surface area (Å²) in [5.74, 6) is 1.84. The Balaban J connectivity index is 1.98. The largest absolute Gasteiger partial charge is 0.497 e. The number of hydrogen-bond donors (Lipinski definition) is 0. The molecule has 0 aromatic heterocycles. The van der Waals surface area contributed by atoms with E-state index in [9.17, 15) is 0 Å². The van der Waals surface area contributed by atoms with Crippen molar-refractivity contribution in [2.24, 2.45) is 0 Å². The summed E-state index contributed by atoms with van der Waals surface area (Å²) in [6.45, 7) is 2.60. The van der Waals surface area contributed by atoms with E-state index in [2.05, 4.69) is 29.8 Å². The van der Waals surface area contributed by atoms with Gasteiger partial charge in [0, 0.05) is 12.1 Å². The van der Waals surface area contributed by atoms with Crippen LogP contribution >= 0.6 is 0 Å². The zero-order valence-corrected chi connectivity index (χ0v) is 11.1. The highest BCUT2D eigenvalue weighted by molar-refractivity contribution is 5.82. The summed E-state index contributed by atoms with van der Waals surface area (Å²) in [5, 5.41) is 0. The number of hydrogen-bond acceptors (Lipinski definition) is 2. The van der Waals surface area contributed by atoms with Crippen LogP contribution in [-0.2, 0) is 0 Å². The Hall–Kier alpha value is -2.29. The van der Waals surface area contributed by atoms with Crippen LogP contribution in [-0.4, -0.2) is 24.6 Å². The molecule has 2 aromatic carbocycles. The van der Waals surface area contributed by atoms with Gasteiger partial charge in [-0.25, -0.2) is 0 Å². The van der Waals surface area contributed by atoms with Crippen molar-refractivity contribution in [1.29, 1.82) is 0 Å². The monoisotopic (exact) mass is 254 g/mol. The van der Waals surface area contributed by atoms with Crippen LogP contribution in [0.5, 0.6) is 11.5 Å². The zero-order valence-electron chi connectivity index (χ0n) is 11.1. The Kier molecular flexibility index (Phi) is 2.95. The van der Waals surface area contributed by atoms with Gasteiger partial charge in [-0.2, -0.15) is 4.58 Å². The first kappa shape index (κ1) is 11.8. The molecule has 19 heavy (non-hydrogen) atoms. The first-order chi connectivity index (χ1) is 9.28. The van der Waals surface area contributed by atoms with Gasteiger partial charge in [-0.05, 0) is 30.7 Å². The number of ether oxygens (including phenoxy) is 2. The fraction of sp³-hybridized carbons (Fsp3) is 0.188. The first-order valence-electron chi connectivity index (χ1n) is 6.26. The minimum Gasteiger partial charge on any atom is -0.497 e. The smallest absolute Gasteiger partial charge is 0.292 e. The lowest BCUT2D eigenvalue weighted by atomic mass is 10.1. The predicted octanol–water partition coefficient (Wildman–Crippen LogP) is 3.12. The van der Waals surface area contributed by atoms with Crippen molar-refractivity contribution in [3.63, 3.8) is 0 Å². The number of aryl methyl sites for hydroxylation is 1. The second-order valence-electron chi connectivity index (χ2n) is 4.56. The average Bonchev–Trinajstić information content (AvgIpc) is 2.47. The van der Waals surface area contributed by atoms with Crippen LogP contribution in [0.15, 0.2) is 42.5 Å². The number of benzene rings is 2. The molecule has 1 aliphatic rings. The quantitative estimate of drug-likeness (QED) is 0.768. The van der Waals surface area contributed by atoms with Crippen molar-refractivity contribution in [3.8, 4) is 11.5 Å². The maximum atomic E-state index is 5.84.